The lowest BCUT2D eigenvalue weighted by atomic mass is 10.1. The van der Waals surface area contributed by atoms with Gasteiger partial charge in [-0.2, -0.15) is 0 Å². The molecule has 0 aromatic heterocycles. The number of nitrogens with zero attached hydrogens (tertiary/aromatic N) is 1. The largest absolute Gasteiger partial charge is 0.493 e. The number of rotatable bonds is 8. The highest BCUT2D eigenvalue weighted by Crippen LogP contribution is 2.36. The lowest BCUT2D eigenvalue weighted by Crippen LogP contribution is -2.54. The molecule has 0 spiro atoms. The van der Waals surface area contributed by atoms with Crippen molar-refractivity contribution in [2.75, 3.05) is 27.3 Å². The number of halogens is 2. The molecule has 0 aliphatic heterocycles. The summed E-state index contributed by atoms with van der Waals surface area (Å²) in [6.07, 6.45) is -0.464. The van der Waals surface area contributed by atoms with E-state index in [1.54, 1.807) is 14.2 Å². The third kappa shape index (κ3) is 11.0. The van der Waals surface area contributed by atoms with Crippen molar-refractivity contribution in [3.05, 3.63) is 22.7 Å². The highest BCUT2D eigenvalue weighted by atomic mass is 127. The molecule has 0 aliphatic rings. The van der Waals surface area contributed by atoms with Crippen molar-refractivity contribution < 1.29 is 19.0 Å². The maximum Gasteiger partial charge on any atom is 0.408 e. The van der Waals surface area contributed by atoms with Gasteiger partial charge >= 0.3 is 6.09 Å². The Morgan fingerprint density at radius 2 is 1.81 bits per heavy atom. The molecule has 178 valence electrons. The Balaban J connectivity index is 0.00000900. The summed E-state index contributed by atoms with van der Waals surface area (Å²) in [6.45, 7) is 12.6. The number of methoxy groups -OCH3 is 1. The van der Waals surface area contributed by atoms with Gasteiger partial charge in [0.15, 0.2) is 17.5 Å². The zero-order valence-electron chi connectivity index (χ0n) is 19.6. The first-order chi connectivity index (χ1) is 13.9. The van der Waals surface area contributed by atoms with Crippen LogP contribution in [-0.2, 0) is 11.3 Å². The predicted octanol–water partition coefficient (Wildman–Crippen LogP) is 4.33. The molecule has 1 aromatic carbocycles. The van der Waals surface area contributed by atoms with Gasteiger partial charge < -0.3 is 30.2 Å². The van der Waals surface area contributed by atoms with Crippen LogP contribution < -0.4 is 25.4 Å². The fourth-order valence-corrected chi connectivity index (χ4v) is 2.78. The normalized spacial score (nSPS) is 11.8. The first-order valence-corrected chi connectivity index (χ1v) is 10.2. The standard InChI is InChI=1S/C21H35ClN4O4.HI/c1-9-29-17-15(22)10-14(11-16(17)28-8)12-24-18(23-7)25-13-21(5,6)26-19(27)30-20(2,3)4;/h10-11H,9,12-13H2,1-8H3,(H,26,27)(H2,23,24,25);1H. The maximum absolute atomic E-state index is 12.0. The molecule has 0 fully saturated rings. The van der Waals surface area contributed by atoms with Gasteiger partial charge in [-0.05, 0) is 59.2 Å². The summed E-state index contributed by atoms with van der Waals surface area (Å²) in [5, 5.41) is 9.76. The molecule has 0 saturated heterocycles. The van der Waals surface area contributed by atoms with Crippen LogP contribution in [0.1, 0.15) is 47.1 Å². The Morgan fingerprint density at radius 3 is 2.32 bits per heavy atom. The molecule has 1 rings (SSSR count). The topological polar surface area (TPSA) is 93.2 Å². The van der Waals surface area contributed by atoms with E-state index in [4.69, 9.17) is 25.8 Å². The number of aliphatic imine (C=N–C) groups is 1. The Labute approximate surface area is 207 Å². The summed E-state index contributed by atoms with van der Waals surface area (Å²) in [6, 6.07) is 3.69. The summed E-state index contributed by atoms with van der Waals surface area (Å²) < 4.78 is 16.2. The summed E-state index contributed by atoms with van der Waals surface area (Å²) in [7, 11) is 3.25. The molecule has 10 heteroatoms. The van der Waals surface area contributed by atoms with Gasteiger partial charge in [-0.1, -0.05) is 11.6 Å². The van der Waals surface area contributed by atoms with E-state index >= 15 is 0 Å². The van der Waals surface area contributed by atoms with E-state index in [0.29, 0.717) is 42.2 Å². The first kappa shape index (κ1) is 29.4. The minimum atomic E-state index is -0.550. The van der Waals surface area contributed by atoms with Crippen molar-refractivity contribution in [1.82, 2.24) is 16.0 Å². The summed E-state index contributed by atoms with van der Waals surface area (Å²) in [4.78, 5) is 16.2. The fourth-order valence-electron chi connectivity index (χ4n) is 2.49. The molecule has 0 heterocycles. The second-order valence-corrected chi connectivity index (χ2v) is 8.74. The number of nitrogens with one attached hydrogen (secondary N) is 3. The third-order valence-electron chi connectivity index (χ3n) is 3.80. The van der Waals surface area contributed by atoms with Crippen LogP contribution in [0.5, 0.6) is 11.5 Å². The Kier molecular flexibility index (Phi) is 12.4. The van der Waals surface area contributed by atoms with Crippen LogP contribution in [0.3, 0.4) is 0 Å². The number of benzene rings is 1. The monoisotopic (exact) mass is 570 g/mol. The average molecular weight is 571 g/mol. The van der Waals surface area contributed by atoms with Crippen molar-refractivity contribution in [3.8, 4) is 11.5 Å². The van der Waals surface area contributed by atoms with E-state index in [1.165, 1.54) is 0 Å². The number of hydrogen-bond donors (Lipinski definition) is 3. The van der Waals surface area contributed by atoms with E-state index in [1.807, 2.05) is 53.7 Å². The minimum Gasteiger partial charge on any atom is -0.493 e. The van der Waals surface area contributed by atoms with Crippen molar-refractivity contribution in [2.24, 2.45) is 4.99 Å². The Hall–Kier alpha value is -1.62. The Bertz CT molecular complexity index is 752. The van der Waals surface area contributed by atoms with Crippen molar-refractivity contribution in [1.29, 1.82) is 0 Å². The number of carbonyl (C=O) groups is 1. The van der Waals surface area contributed by atoms with Crippen LogP contribution in [0.2, 0.25) is 5.02 Å². The summed E-state index contributed by atoms with van der Waals surface area (Å²) in [5.74, 6) is 1.69. The molecule has 0 bridgehead atoms. The Morgan fingerprint density at radius 1 is 1.16 bits per heavy atom. The lowest BCUT2D eigenvalue weighted by Gasteiger charge is -2.29. The SMILES string of the molecule is CCOc1c(Cl)cc(CNC(=NC)NCC(C)(C)NC(=O)OC(C)(C)C)cc1OC.I. The van der Waals surface area contributed by atoms with Gasteiger partial charge in [0.05, 0.1) is 24.3 Å². The van der Waals surface area contributed by atoms with Crippen LogP contribution in [0.25, 0.3) is 0 Å². The molecule has 8 nitrogen and oxygen atoms in total. The predicted molar refractivity (Wildman–Crippen MR) is 136 cm³/mol. The minimum absolute atomic E-state index is 0. The van der Waals surface area contributed by atoms with Crippen LogP contribution >= 0.6 is 35.6 Å². The molecule has 0 radical (unpaired) electrons. The molecular formula is C21H36ClIN4O4. The van der Waals surface area contributed by atoms with E-state index in [2.05, 4.69) is 20.9 Å². The number of hydrogen-bond acceptors (Lipinski definition) is 5. The smallest absolute Gasteiger partial charge is 0.408 e. The van der Waals surface area contributed by atoms with Crippen molar-refractivity contribution in [2.45, 2.75) is 59.2 Å². The van der Waals surface area contributed by atoms with E-state index in [0.717, 1.165) is 5.56 Å². The van der Waals surface area contributed by atoms with Gasteiger partial charge in [0.2, 0.25) is 0 Å². The van der Waals surface area contributed by atoms with E-state index < -0.39 is 17.2 Å². The average Bonchev–Trinajstić information content (AvgIpc) is 2.61. The zero-order chi connectivity index (χ0) is 22.9. The van der Waals surface area contributed by atoms with Gasteiger partial charge in [-0.3, -0.25) is 4.99 Å². The van der Waals surface area contributed by atoms with Crippen molar-refractivity contribution >= 4 is 47.6 Å². The number of amides is 1. The second kappa shape index (κ2) is 13.0. The number of alkyl carbamates (subject to hydrolysis) is 1. The summed E-state index contributed by atoms with van der Waals surface area (Å²) >= 11 is 6.33. The highest BCUT2D eigenvalue weighted by molar-refractivity contribution is 14.0. The molecule has 1 amide bonds. The number of carbonyl (C=O) groups excluding carboxylic acids is 1. The number of guanidine groups is 1. The third-order valence-corrected chi connectivity index (χ3v) is 4.08. The highest BCUT2D eigenvalue weighted by Gasteiger charge is 2.24. The first-order valence-electron chi connectivity index (χ1n) is 9.85. The van der Waals surface area contributed by atoms with Crippen LogP contribution in [0.4, 0.5) is 4.79 Å². The van der Waals surface area contributed by atoms with Gasteiger partial charge in [-0.25, -0.2) is 4.79 Å². The zero-order valence-corrected chi connectivity index (χ0v) is 22.7. The van der Waals surface area contributed by atoms with Crippen LogP contribution in [0.15, 0.2) is 17.1 Å². The van der Waals surface area contributed by atoms with Crippen LogP contribution in [0, 0.1) is 0 Å². The molecule has 0 saturated carbocycles. The van der Waals surface area contributed by atoms with E-state index in [-0.39, 0.29) is 24.0 Å². The quantitative estimate of drug-likeness (QED) is 0.245. The molecule has 3 N–H and O–H groups in total. The van der Waals surface area contributed by atoms with Gasteiger partial charge in [0, 0.05) is 20.1 Å². The van der Waals surface area contributed by atoms with E-state index in [9.17, 15) is 4.79 Å². The molecule has 31 heavy (non-hydrogen) atoms. The molecule has 0 aliphatic carbocycles. The molecule has 0 unspecified atom stereocenters. The van der Waals surface area contributed by atoms with Gasteiger partial charge in [0.25, 0.3) is 0 Å². The van der Waals surface area contributed by atoms with Crippen molar-refractivity contribution in [3.63, 3.8) is 0 Å². The molecule has 0 atom stereocenters. The molecule has 1 aromatic rings. The van der Waals surface area contributed by atoms with Crippen LogP contribution in [-0.4, -0.2) is 50.5 Å². The summed E-state index contributed by atoms with van der Waals surface area (Å²) in [5.41, 5.74) is -0.189. The fraction of sp³-hybridized carbons (Fsp3) is 0.619. The molecular weight excluding hydrogens is 535 g/mol. The maximum atomic E-state index is 12.0. The second-order valence-electron chi connectivity index (χ2n) is 8.33. The van der Waals surface area contributed by atoms with Gasteiger partial charge in [-0.15, -0.1) is 24.0 Å². The lowest BCUT2D eigenvalue weighted by molar-refractivity contribution is 0.0474. The number of ether oxygens (including phenoxy) is 3. The van der Waals surface area contributed by atoms with Gasteiger partial charge in [0.1, 0.15) is 5.60 Å².